The zero-order chi connectivity index (χ0) is 17.1. The Morgan fingerprint density at radius 3 is 1.65 bits per heavy atom. The fourth-order valence-corrected chi connectivity index (χ4v) is 2.40. The van der Waals surface area contributed by atoms with Crippen LogP contribution in [0.5, 0.6) is 5.75 Å². The fourth-order valence-electron chi connectivity index (χ4n) is 2.40. The zero-order valence-corrected chi connectivity index (χ0v) is 15.2. The molecule has 0 unspecified atom stereocenters. The molecule has 0 heterocycles. The van der Waals surface area contributed by atoms with Crippen molar-refractivity contribution < 1.29 is 4.74 Å². The van der Waals surface area contributed by atoms with Crippen LogP contribution in [0.1, 0.15) is 52.7 Å². The molecule has 23 heavy (non-hydrogen) atoms. The quantitative estimate of drug-likeness (QED) is 0.786. The predicted octanol–water partition coefficient (Wildman–Crippen LogP) is 5.67. The lowest BCUT2D eigenvalue weighted by molar-refractivity contribution is 0.131. The maximum Gasteiger partial charge on any atom is 0.120 e. The summed E-state index contributed by atoms with van der Waals surface area (Å²) >= 11 is 0. The normalized spacial score (nSPS) is 12.1. The lowest BCUT2D eigenvalue weighted by Crippen LogP contribution is -2.25. The fraction of sp³-hybridized carbons (Fsp3) is 0.429. The molecule has 0 fully saturated rings. The van der Waals surface area contributed by atoms with Gasteiger partial charge < -0.3 is 10.1 Å². The second kappa shape index (κ2) is 6.66. The molecule has 1 N–H and O–H groups in total. The van der Waals surface area contributed by atoms with Gasteiger partial charge in [0, 0.05) is 11.2 Å². The first-order valence-corrected chi connectivity index (χ1v) is 8.26. The summed E-state index contributed by atoms with van der Waals surface area (Å²) in [6.07, 6.45) is 0.936. The van der Waals surface area contributed by atoms with Crippen LogP contribution in [0.25, 0.3) is 0 Å². The molecule has 0 aromatic heterocycles. The average Bonchev–Trinajstić information content (AvgIpc) is 2.40. The van der Waals surface area contributed by atoms with Crippen molar-refractivity contribution in [3.8, 4) is 5.75 Å². The van der Waals surface area contributed by atoms with Crippen molar-refractivity contribution >= 4 is 5.69 Å². The van der Waals surface area contributed by atoms with Gasteiger partial charge in [-0.15, -0.1) is 0 Å². The van der Waals surface area contributed by atoms with Gasteiger partial charge in [-0.1, -0.05) is 24.3 Å². The molecule has 2 nitrogen and oxygen atoms in total. The van der Waals surface area contributed by atoms with Crippen LogP contribution < -0.4 is 10.1 Å². The van der Waals surface area contributed by atoms with E-state index >= 15 is 0 Å². The van der Waals surface area contributed by atoms with Crippen molar-refractivity contribution in [2.45, 2.75) is 59.1 Å². The second-order valence-corrected chi connectivity index (χ2v) is 8.11. The highest BCUT2D eigenvalue weighted by Crippen LogP contribution is 2.21. The molecule has 0 aliphatic heterocycles. The standard InChI is InChI=1S/C21H29NO/c1-20(2,3)22-18-11-7-16(8-12-18)15-17-9-13-19(14-10-17)23-21(4,5)6/h7-14,22H,15H2,1-6H3. The number of ether oxygens (including phenoxy) is 1. The molecule has 0 amide bonds. The van der Waals surface area contributed by atoms with Crippen LogP contribution in [0.4, 0.5) is 5.69 Å². The van der Waals surface area contributed by atoms with E-state index in [9.17, 15) is 0 Å². The van der Waals surface area contributed by atoms with E-state index in [1.807, 2.05) is 0 Å². The summed E-state index contributed by atoms with van der Waals surface area (Å²) in [7, 11) is 0. The van der Waals surface area contributed by atoms with Crippen LogP contribution in [0.2, 0.25) is 0 Å². The van der Waals surface area contributed by atoms with Gasteiger partial charge in [0.1, 0.15) is 11.4 Å². The minimum atomic E-state index is -0.155. The van der Waals surface area contributed by atoms with E-state index in [1.165, 1.54) is 11.1 Å². The molecule has 0 aliphatic rings. The summed E-state index contributed by atoms with van der Waals surface area (Å²) in [6.45, 7) is 12.7. The SMILES string of the molecule is CC(C)(C)Nc1ccc(Cc2ccc(OC(C)(C)C)cc2)cc1. The van der Waals surface area contributed by atoms with Gasteiger partial charge in [0.15, 0.2) is 0 Å². The number of anilines is 1. The maximum atomic E-state index is 5.86. The number of nitrogens with one attached hydrogen (secondary N) is 1. The van der Waals surface area contributed by atoms with Crippen LogP contribution in [0.15, 0.2) is 48.5 Å². The molecule has 124 valence electrons. The van der Waals surface area contributed by atoms with Gasteiger partial charge >= 0.3 is 0 Å². The predicted molar refractivity (Wildman–Crippen MR) is 99.4 cm³/mol. The Bertz CT molecular complexity index is 555. The van der Waals surface area contributed by atoms with Gasteiger partial charge in [-0.2, -0.15) is 0 Å². The summed E-state index contributed by atoms with van der Waals surface area (Å²) in [6, 6.07) is 17.1. The molecule has 0 spiro atoms. The largest absolute Gasteiger partial charge is 0.488 e. The van der Waals surface area contributed by atoms with Crippen molar-refractivity contribution in [2.24, 2.45) is 0 Å². The van der Waals surface area contributed by atoms with Crippen LogP contribution in [0.3, 0.4) is 0 Å². The van der Waals surface area contributed by atoms with Crippen LogP contribution in [-0.2, 0) is 6.42 Å². The van der Waals surface area contributed by atoms with Gasteiger partial charge in [0.2, 0.25) is 0 Å². The minimum absolute atomic E-state index is 0.0877. The van der Waals surface area contributed by atoms with Gasteiger partial charge in [-0.05, 0) is 83.4 Å². The maximum absolute atomic E-state index is 5.86. The highest BCUT2D eigenvalue weighted by Gasteiger charge is 2.11. The van der Waals surface area contributed by atoms with E-state index in [2.05, 4.69) is 95.4 Å². The topological polar surface area (TPSA) is 21.3 Å². The molecule has 0 bridgehead atoms. The van der Waals surface area contributed by atoms with E-state index in [1.54, 1.807) is 0 Å². The van der Waals surface area contributed by atoms with E-state index in [0.717, 1.165) is 17.9 Å². The van der Waals surface area contributed by atoms with E-state index in [0.29, 0.717) is 0 Å². The zero-order valence-electron chi connectivity index (χ0n) is 15.2. The third-order valence-electron chi connectivity index (χ3n) is 3.23. The Hall–Kier alpha value is -1.96. The summed E-state index contributed by atoms with van der Waals surface area (Å²) in [5.41, 5.74) is 3.70. The Labute approximate surface area is 140 Å². The Kier molecular flexibility index (Phi) is 5.03. The molecule has 0 saturated carbocycles. The molecule has 0 radical (unpaired) electrons. The number of rotatable bonds is 4. The molecule has 2 aromatic rings. The monoisotopic (exact) mass is 311 g/mol. The van der Waals surface area contributed by atoms with Crippen molar-refractivity contribution in [2.75, 3.05) is 5.32 Å². The van der Waals surface area contributed by atoms with Gasteiger partial charge in [-0.25, -0.2) is 0 Å². The van der Waals surface area contributed by atoms with Crippen LogP contribution >= 0.6 is 0 Å². The molecular weight excluding hydrogens is 282 g/mol. The van der Waals surface area contributed by atoms with Crippen molar-refractivity contribution in [3.05, 3.63) is 59.7 Å². The van der Waals surface area contributed by atoms with E-state index in [4.69, 9.17) is 4.74 Å². The molecule has 2 rings (SSSR count). The number of hydrogen-bond donors (Lipinski definition) is 1. The van der Waals surface area contributed by atoms with E-state index < -0.39 is 0 Å². The van der Waals surface area contributed by atoms with Gasteiger partial charge in [-0.3, -0.25) is 0 Å². The molecular formula is C21H29NO. The van der Waals surface area contributed by atoms with Crippen molar-refractivity contribution in [3.63, 3.8) is 0 Å². The molecule has 0 atom stereocenters. The number of benzene rings is 2. The first-order valence-electron chi connectivity index (χ1n) is 8.26. The molecule has 2 aromatic carbocycles. The van der Waals surface area contributed by atoms with Crippen molar-refractivity contribution in [1.82, 2.24) is 0 Å². The smallest absolute Gasteiger partial charge is 0.120 e. The average molecular weight is 311 g/mol. The van der Waals surface area contributed by atoms with Gasteiger partial charge in [0.25, 0.3) is 0 Å². The Morgan fingerprint density at radius 1 is 0.739 bits per heavy atom. The Morgan fingerprint density at radius 2 is 1.22 bits per heavy atom. The first kappa shape index (κ1) is 17.4. The summed E-state index contributed by atoms with van der Waals surface area (Å²) in [4.78, 5) is 0. The third kappa shape index (κ3) is 6.35. The van der Waals surface area contributed by atoms with Crippen molar-refractivity contribution in [1.29, 1.82) is 0 Å². The molecule has 0 saturated heterocycles. The van der Waals surface area contributed by atoms with Gasteiger partial charge in [0.05, 0.1) is 0 Å². The Balaban J connectivity index is 1.99. The molecule has 0 aliphatic carbocycles. The van der Waals surface area contributed by atoms with E-state index in [-0.39, 0.29) is 11.1 Å². The highest BCUT2D eigenvalue weighted by atomic mass is 16.5. The van der Waals surface area contributed by atoms with Crippen LogP contribution in [-0.4, -0.2) is 11.1 Å². The second-order valence-electron chi connectivity index (χ2n) is 8.11. The first-order chi connectivity index (χ1) is 10.6. The lowest BCUT2D eigenvalue weighted by atomic mass is 10.0. The summed E-state index contributed by atoms with van der Waals surface area (Å²) < 4.78 is 5.86. The number of hydrogen-bond acceptors (Lipinski definition) is 2. The molecule has 2 heteroatoms. The lowest BCUT2D eigenvalue weighted by Gasteiger charge is -2.22. The summed E-state index contributed by atoms with van der Waals surface area (Å²) in [5.74, 6) is 0.922. The minimum Gasteiger partial charge on any atom is -0.488 e. The third-order valence-corrected chi connectivity index (χ3v) is 3.23. The highest BCUT2D eigenvalue weighted by molar-refractivity contribution is 5.47. The van der Waals surface area contributed by atoms with Crippen LogP contribution in [0, 0.1) is 0 Å². The summed E-state index contributed by atoms with van der Waals surface area (Å²) in [5, 5.41) is 3.48.